The summed E-state index contributed by atoms with van der Waals surface area (Å²) in [5.74, 6) is 1.26. The van der Waals surface area contributed by atoms with Crippen molar-refractivity contribution in [1.29, 1.82) is 0 Å². The molecule has 0 saturated heterocycles. The van der Waals surface area contributed by atoms with E-state index in [1.54, 1.807) is 7.05 Å². The van der Waals surface area contributed by atoms with E-state index in [1.807, 2.05) is 0 Å². The van der Waals surface area contributed by atoms with Crippen molar-refractivity contribution in [2.24, 2.45) is 10.9 Å². The van der Waals surface area contributed by atoms with Gasteiger partial charge in [0.2, 0.25) is 5.88 Å². The van der Waals surface area contributed by atoms with Crippen LogP contribution in [0.5, 0.6) is 5.88 Å². The minimum Gasteiger partial charge on any atom is -0.476 e. The van der Waals surface area contributed by atoms with Gasteiger partial charge in [-0.3, -0.25) is 4.99 Å². The minimum absolute atomic E-state index is 0.151. The van der Waals surface area contributed by atoms with E-state index in [0.29, 0.717) is 18.4 Å². The van der Waals surface area contributed by atoms with Gasteiger partial charge in [-0.2, -0.15) is 13.2 Å². The monoisotopic (exact) mass is 332 g/mol. The van der Waals surface area contributed by atoms with Gasteiger partial charge in [-0.25, -0.2) is 4.98 Å². The van der Waals surface area contributed by atoms with Gasteiger partial charge in [0.05, 0.1) is 12.1 Å². The number of aromatic nitrogens is 1. The van der Waals surface area contributed by atoms with Gasteiger partial charge in [-0.15, -0.1) is 0 Å². The lowest BCUT2D eigenvalue weighted by Gasteiger charge is -2.20. The first-order valence-corrected chi connectivity index (χ1v) is 7.37. The minimum atomic E-state index is -4.39. The second-order valence-corrected chi connectivity index (χ2v) is 5.41. The van der Waals surface area contributed by atoms with Crippen molar-refractivity contribution in [2.75, 3.05) is 20.2 Å². The first-order valence-electron chi connectivity index (χ1n) is 7.37. The molecule has 23 heavy (non-hydrogen) atoms. The van der Waals surface area contributed by atoms with E-state index < -0.39 is 11.7 Å². The largest absolute Gasteiger partial charge is 0.476 e. The predicted molar refractivity (Wildman–Crippen MR) is 83.5 cm³/mol. The zero-order valence-electron chi connectivity index (χ0n) is 13.7. The first kappa shape index (κ1) is 19.1. The van der Waals surface area contributed by atoms with E-state index in [4.69, 9.17) is 4.74 Å². The van der Waals surface area contributed by atoms with Crippen molar-refractivity contribution < 1.29 is 17.9 Å². The number of hydrogen-bond acceptors (Lipinski definition) is 3. The molecule has 0 aromatic carbocycles. The maximum Gasteiger partial charge on any atom is 0.417 e. The van der Waals surface area contributed by atoms with E-state index in [2.05, 4.69) is 41.4 Å². The molecule has 0 aliphatic carbocycles. The normalized spacial score (nSPS) is 13.8. The fourth-order valence-electron chi connectivity index (χ4n) is 1.54. The SMILES string of the molecule is CN=C(NCCOc1ccc(C(F)(F)F)cn1)NC(C)C(C)C. The van der Waals surface area contributed by atoms with Gasteiger partial charge in [0, 0.05) is 25.4 Å². The fourth-order valence-corrected chi connectivity index (χ4v) is 1.54. The Morgan fingerprint density at radius 3 is 2.48 bits per heavy atom. The van der Waals surface area contributed by atoms with Gasteiger partial charge < -0.3 is 15.4 Å². The summed E-state index contributed by atoms with van der Waals surface area (Å²) in [7, 11) is 1.67. The Labute approximate surface area is 134 Å². The molecule has 0 bridgehead atoms. The molecule has 1 heterocycles. The molecule has 5 nitrogen and oxygen atoms in total. The summed E-state index contributed by atoms with van der Waals surface area (Å²) in [4.78, 5) is 7.73. The first-order chi connectivity index (χ1) is 10.7. The Balaban J connectivity index is 2.36. The van der Waals surface area contributed by atoms with E-state index >= 15 is 0 Å². The number of rotatable bonds is 6. The number of nitrogens with one attached hydrogen (secondary N) is 2. The molecule has 0 saturated carbocycles. The molecular weight excluding hydrogens is 309 g/mol. The number of pyridine rings is 1. The second-order valence-electron chi connectivity index (χ2n) is 5.41. The lowest BCUT2D eigenvalue weighted by atomic mass is 10.1. The molecule has 0 spiro atoms. The van der Waals surface area contributed by atoms with Crippen LogP contribution in [0.3, 0.4) is 0 Å². The van der Waals surface area contributed by atoms with Crippen LogP contribution in [0.25, 0.3) is 0 Å². The molecule has 0 aliphatic heterocycles. The maximum absolute atomic E-state index is 12.4. The molecule has 1 atom stereocenters. The molecular formula is C15H23F3N4O. The van der Waals surface area contributed by atoms with Gasteiger partial charge in [-0.1, -0.05) is 13.8 Å². The molecule has 1 unspecified atom stereocenters. The maximum atomic E-state index is 12.4. The number of nitrogens with zero attached hydrogens (tertiary/aromatic N) is 2. The van der Waals surface area contributed by atoms with E-state index in [0.717, 1.165) is 12.3 Å². The van der Waals surface area contributed by atoms with Gasteiger partial charge >= 0.3 is 6.18 Å². The van der Waals surface area contributed by atoms with Crippen molar-refractivity contribution in [3.63, 3.8) is 0 Å². The number of ether oxygens (including phenoxy) is 1. The van der Waals surface area contributed by atoms with Gasteiger partial charge in [0.15, 0.2) is 5.96 Å². The van der Waals surface area contributed by atoms with Crippen LogP contribution >= 0.6 is 0 Å². The average molecular weight is 332 g/mol. The van der Waals surface area contributed by atoms with Crippen LogP contribution in [-0.4, -0.2) is 37.2 Å². The van der Waals surface area contributed by atoms with Crippen LogP contribution in [0.1, 0.15) is 26.3 Å². The van der Waals surface area contributed by atoms with Crippen molar-refractivity contribution in [3.8, 4) is 5.88 Å². The third-order valence-electron chi connectivity index (χ3n) is 3.30. The Morgan fingerprint density at radius 2 is 2.00 bits per heavy atom. The highest BCUT2D eigenvalue weighted by Gasteiger charge is 2.30. The van der Waals surface area contributed by atoms with Crippen LogP contribution < -0.4 is 15.4 Å². The lowest BCUT2D eigenvalue weighted by molar-refractivity contribution is -0.137. The summed E-state index contributed by atoms with van der Waals surface area (Å²) in [5, 5.41) is 6.30. The van der Waals surface area contributed by atoms with Gasteiger partial charge in [-0.05, 0) is 18.9 Å². The Bertz CT molecular complexity index is 500. The van der Waals surface area contributed by atoms with Crippen LogP contribution in [0.15, 0.2) is 23.3 Å². The standard InChI is InChI=1S/C15H23F3N4O/c1-10(2)11(3)22-14(19-4)20-7-8-23-13-6-5-12(9-21-13)15(16,17)18/h5-6,9-11H,7-8H2,1-4H3,(H2,19,20,22). The summed E-state index contributed by atoms with van der Waals surface area (Å²) in [6.07, 6.45) is -3.63. The molecule has 1 aromatic rings. The van der Waals surface area contributed by atoms with Crippen LogP contribution in [0, 0.1) is 5.92 Å². The summed E-state index contributed by atoms with van der Waals surface area (Å²) in [5.41, 5.74) is -0.796. The molecule has 0 amide bonds. The van der Waals surface area contributed by atoms with E-state index in [1.165, 1.54) is 6.07 Å². The topological polar surface area (TPSA) is 58.5 Å². The third kappa shape index (κ3) is 6.75. The van der Waals surface area contributed by atoms with Crippen LogP contribution in [0.4, 0.5) is 13.2 Å². The van der Waals surface area contributed by atoms with Gasteiger partial charge in [0.1, 0.15) is 6.61 Å². The van der Waals surface area contributed by atoms with E-state index in [9.17, 15) is 13.2 Å². The summed E-state index contributed by atoms with van der Waals surface area (Å²) >= 11 is 0. The second kappa shape index (κ2) is 8.59. The highest BCUT2D eigenvalue weighted by molar-refractivity contribution is 5.79. The average Bonchev–Trinajstić information content (AvgIpc) is 2.49. The highest BCUT2D eigenvalue weighted by Crippen LogP contribution is 2.29. The Hall–Kier alpha value is -1.99. The summed E-state index contributed by atoms with van der Waals surface area (Å²) in [6.45, 7) is 6.97. The Morgan fingerprint density at radius 1 is 1.30 bits per heavy atom. The zero-order chi connectivity index (χ0) is 17.5. The van der Waals surface area contributed by atoms with Crippen molar-refractivity contribution >= 4 is 5.96 Å². The van der Waals surface area contributed by atoms with Gasteiger partial charge in [0.25, 0.3) is 0 Å². The highest BCUT2D eigenvalue weighted by atomic mass is 19.4. The molecule has 0 fully saturated rings. The van der Waals surface area contributed by atoms with Crippen LogP contribution in [-0.2, 0) is 6.18 Å². The smallest absolute Gasteiger partial charge is 0.417 e. The van der Waals surface area contributed by atoms with Crippen molar-refractivity contribution in [2.45, 2.75) is 33.0 Å². The summed E-state index contributed by atoms with van der Waals surface area (Å²) < 4.78 is 42.5. The molecule has 8 heteroatoms. The Kier molecular flexibility index (Phi) is 7.12. The predicted octanol–water partition coefficient (Wildman–Crippen LogP) is 2.69. The van der Waals surface area contributed by atoms with Crippen LogP contribution in [0.2, 0.25) is 0 Å². The molecule has 130 valence electrons. The number of guanidine groups is 1. The fraction of sp³-hybridized carbons (Fsp3) is 0.600. The summed E-state index contributed by atoms with van der Waals surface area (Å²) in [6, 6.07) is 2.41. The molecule has 0 radical (unpaired) electrons. The molecule has 0 aliphatic rings. The number of aliphatic imine (C=N–C) groups is 1. The van der Waals surface area contributed by atoms with E-state index in [-0.39, 0.29) is 18.5 Å². The lowest BCUT2D eigenvalue weighted by Crippen LogP contribution is -2.45. The zero-order valence-corrected chi connectivity index (χ0v) is 13.7. The van der Waals surface area contributed by atoms with Crippen molar-refractivity contribution in [1.82, 2.24) is 15.6 Å². The number of halogens is 3. The number of hydrogen-bond donors (Lipinski definition) is 2. The van der Waals surface area contributed by atoms with Crippen molar-refractivity contribution in [3.05, 3.63) is 23.9 Å². The molecule has 1 rings (SSSR count). The quantitative estimate of drug-likeness (QED) is 0.478. The molecule has 2 N–H and O–H groups in total. The third-order valence-corrected chi connectivity index (χ3v) is 3.30. The molecule has 1 aromatic heterocycles. The number of alkyl halides is 3.